The Morgan fingerprint density at radius 1 is 1.39 bits per heavy atom. The molecule has 4 nitrogen and oxygen atoms in total. The fourth-order valence-corrected chi connectivity index (χ4v) is 1.99. The zero-order valence-corrected chi connectivity index (χ0v) is 10.4. The van der Waals surface area contributed by atoms with E-state index in [1.807, 2.05) is 12.1 Å². The summed E-state index contributed by atoms with van der Waals surface area (Å²) in [4.78, 5) is 11.6. The van der Waals surface area contributed by atoms with Crippen molar-refractivity contribution in [3.63, 3.8) is 0 Å². The van der Waals surface area contributed by atoms with Gasteiger partial charge in [0.2, 0.25) is 5.91 Å². The first-order valence-corrected chi connectivity index (χ1v) is 6.45. The number of hydrogen-bond donors (Lipinski definition) is 3. The molecule has 0 spiro atoms. The molecule has 1 unspecified atom stereocenters. The molecule has 2 rings (SSSR count). The van der Waals surface area contributed by atoms with E-state index in [1.54, 1.807) is 12.1 Å². The van der Waals surface area contributed by atoms with E-state index in [2.05, 4.69) is 5.32 Å². The molecule has 1 aromatic carbocycles. The highest BCUT2D eigenvalue weighted by Gasteiger charge is 2.29. The summed E-state index contributed by atoms with van der Waals surface area (Å²) in [6.07, 6.45) is 3.54. The van der Waals surface area contributed by atoms with Crippen LogP contribution < -0.4 is 11.1 Å². The van der Waals surface area contributed by atoms with E-state index in [0.717, 1.165) is 12.0 Å². The van der Waals surface area contributed by atoms with Crippen LogP contribution in [-0.4, -0.2) is 23.6 Å². The number of carbonyl (C=O) groups excluding carboxylic acids is 1. The number of amides is 1. The monoisotopic (exact) mass is 248 g/mol. The Hall–Kier alpha value is -1.55. The van der Waals surface area contributed by atoms with Crippen molar-refractivity contribution in [1.82, 2.24) is 5.32 Å². The molecule has 0 aliphatic heterocycles. The van der Waals surface area contributed by atoms with Gasteiger partial charge in [-0.25, -0.2) is 0 Å². The van der Waals surface area contributed by atoms with Gasteiger partial charge in [-0.3, -0.25) is 4.79 Å². The highest BCUT2D eigenvalue weighted by Crippen LogP contribution is 2.32. The van der Waals surface area contributed by atoms with Gasteiger partial charge in [-0.2, -0.15) is 0 Å². The van der Waals surface area contributed by atoms with E-state index in [1.165, 1.54) is 12.8 Å². The van der Waals surface area contributed by atoms with Gasteiger partial charge in [0.05, 0.1) is 0 Å². The van der Waals surface area contributed by atoms with Crippen LogP contribution in [0.5, 0.6) is 5.75 Å². The summed E-state index contributed by atoms with van der Waals surface area (Å²) >= 11 is 0. The third-order valence-corrected chi connectivity index (χ3v) is 3.32. The molecular formula is C14H20N2O2. The fourth-order valence-electron chi connectivity index (χ4n) is 1.99. The molecule has 98 valence electrons. The van der Waals surface area contributed by atoms with Gasteiger partial charge < -0.3 is 16.2 Å². The maximum absolute atomic E-state index is 11.6. The molecule has 0 saturated heterocycles. The lowest BCUT2D eigenvalue weighted by Crippen LogP contribution is -2.33. The summed E-state index contributed by atoms with van der Waals surface area (Å²) in [5.74, 6) is 0.860. The fraction of sp³-hybridized carbons (Fsp3) is 0.500. The Morgan fingerprint density at radius 2 is 2.06 bits per heavy atom. The minimum atomic E-state index is 0.0265. The Morgan fingerprint density at radius 3 is 2.67 bits per heavy atom. The summed E-state index contributed by atoms with van der Waals surface area (Å²) in [6.45, 7) is 0.612. The summed E-state index contributed by atoms with van der Waals surface area (Å²) in [7, 11) is 0. The van der Waals surface area contributed by atoms with E-state index in [9.17, 15) is 4.79 Å². The molecule has 1 aliphatic rings. The van der Waals surface area contributed by atoms with E-state index < -0.39 is 0 Å². The van der Waals surface area contributed by atoms with Crippen molar-refractivity contribution in [3.05, 3.63) is 29.8 Å². The molecule has 4 heteroatoms. The van der Waals surface area contributed by atoms with Gasteiger partial charge in [0.1, 0.15) is 5.75 Å². The molecule has 18 heavy (non-hydrogen) atoms. The molecule has 1 aromatic rings. The second-order valence-electron chi connectivity index (χ2n) is 4.97. The van der Waals surface area contributed by atoms with Crippen molar-refractivity contribution >= 4 is 5.91 Å². The predicted octanol–water partition coefficient (Wildman–Crippen LogP) is 1.18. The van der Waals surface area contributed by atoms with Gasteiger partial charge in [-0.1, -0.05) is 12.1 Å². The Bertz CT molecular complexity index is 399. The van der Waals surface area contributed by atoms with Gasteiger partial charge in [0, 0.05) is 19.0 Å². The molecule has 0 aromatic heterocycles. The number of aromatic hydroxyl groups is 1. The van der Waals surface area contributed by atoms with Crippen molar-refractivity contribution in [1.29, 1.82) is 0 Å². The lowest BCUT2D eigenvalue weighted by molar-refractivity contribution is -0.121. The summed E-state index contributed by atoms with van der Waals surface area (Å²) in [5, 5.41) is 12.0. The Balaban J connectivity index is 1.65. The number of phenols is 1. The maximum atomic E-state index is 11.6. The summed E-state index contributed by atoms with van der Waals surface area (Å²) in [6, 6.07) is 7.05. The van der Waals surface area contributed by atoms with Crippen LogP contribution >= 0.6 is 0 Å². The first-order chi connectivity index (χ1) is 8.65. The molecule has 1 fully saturated rings. The third kappa shape index (κ3) is 4.04. The van der Waals surface area contributed by atoms with E-state index in [0.29, 0.717) is 18.9 Å². The number of carbonyl (C=O) groups is 1. The molecule has 1 amide bonds. The normalized spacial score (nSPS) is 16.3. The van der Waals surface area contributed by atoms with Crippen molar-refractivity contribution in [2.45, 2.75) is 31.7 Å². The van der Waals surface area contributed by atoms with Crippen LogP contribution in [0.25, 0.3) is 0 Å². The van der Waals surface area contributed by atoms with E-state index in [4.69, 9.17) is 10.8 Å². The topological polar surface area (TPSA) is 75.4 Å². The predicted molar refractivity (Wildman–Crippen MR) is 70.1 cm³/mol. The Labute approximate surface area is 107 Å². The van der Waals surface area contributed by atoms with Gasteiger partial charge in [0.15, 0.2) is 0 Å². The van der Waals surface area contributed by atoms with Crippen molar-refractivity contribution < 1.29 is 9.90 Å². The second-order valence-corrected chi connectivity index (χ2v) is 4.97. The molecular weight excluding hydrogens is 228 g/mol. The average molecular weight is 248 g/mol. The first kappa shape index (κ1) is 12.9. The standard InChI is InChI=1S/C14H20N2O2/c15-13(11-3-4-11)9-14(18)16-8-7-10-1-5-12(17)6-2-10/h1-2,5-6,11,13,17H,3-4,7-9,15H2,(H,16,18). The smallest absolute Gasteiger partial charge is 0.221 e. The molecule has 0 heterocycles. The van der Waals surface area contributed by atoms with Gasteiger partial charge >= 0.3 is 0 Å². The molecule has 1 aliphatic carbocycles. The maximum Gasteiger partial charge on any atom is 0.221 e. The van der Waals surface area contributed by atoms with Gasteiger partial charge in [-0.15, -0.1) is 0 Å². The van der Waals surface area contributed by atoms with Crippen LogP contribution in [0.15, 0.2) is 24.3 Å². The molecule has 0 radical (unpaired) electrons. The summed E-state index contributed by atoms with van der Waals surface area (Å²) in [5.41, 5.74) is 6.99. The van der Waals surface area contributed by atoms with Crippen molar-refractivity contribution in [2.75, 3.05) is 6.54 Å². The van der Waals surface area contributed by atoms with Crippen molar-refractivity contribution in [2.24, 2.45) is 11.7 Å². The largest absolute Gasteiger partial charge is 0.508 e. The first-order valence-electron chi connectivity index (χ1n) is 6.45. The second kappa shape index (κ2) is 5.87. The van der Waals surface area contributed by atoms with Crippen LogP contribution in [0.2, 0.25) is 0 Å². The zero-order valence-electron chi connectivity index (χ0n) is 10.4. The minimum absolute atomic E-state index is 0.0265. The minimum Gasteiger partial charge on any atom is -0.508 e. The van der Waals surface area contributed by atoms with Crippen LogP contribution in [0.3, 0.4) is 0 Å². The quantitative estimate of drug-likeness (QED) is 0.707. The number of phenolic OH excluding ortho intramolecular Hbond substituents is 1. The molecule has 4 N–H and O–H groups in total. The Kier molecular flexibility index (Phi) is 4.20. The lowest BCUT2D eigenvalue weighted by Gasteiger charge is -2.10. The van der Waals surface area contributed by atoms with Gasteiger partial charge in [0.25, 0.3) is 0 Å². The number of nitrogens with two attached hydrogens (primary N) is 1. The van der Waals surface area contributed by atoms with E-state index in [-0.39, 0.29) is 17.7 Å². The third-order valence-electron chi connectivity index (χ3n) is 3.32. The lowest BCUT2D eigenvalue weighted by atomic mass is 10.1. The number of nitrogens with one attached hydrogen (secondary N) is 1. The van der Waals surface area contributed by atoms with Crippen LogP contribution in [0.4, 0.5) is 0 Å². The number of hydrogen-bond acceptors (Lipinski definition) is 3. The molecule has 1 atom stereocenters. The zero-order chi connectivity index (χ0) is 13.0. The van der Waals surface area contributed by atoms with Gasteiger partial charge in [-0.05, 0) is 42.9 Å². The molecule has 0 bridgehead atoms. The van der Waals surface area contributed by atoms with Crippen LogP contribution in [0.1, 0.15) is 24.8 Å². The highest BCUT2D eigenvalue weighted by atomic mass is 16.3. The SMILES string of the molecule is NC(CC(=O)NCCc1ccc(O)cc1)C1CC1. The van der Waals surface area contributed by atoms with Crippen molar-refractivity contribution in [3.8, 4) is 5.75 Å². The highest BCUT2D eigenvalue weighted by molar-refractivity contribution is 5.76. The number of benzene rings is 1. The summed E-state index contributed by atoms with van der Waals surface area (Å²) < 4.78 is 0. The van der Waals surface area contributed by atoms with Crippen LogP contribution in [0, 0.1) is 5.92 Å². The van der Waals surface area contributed by atoms with E-state index >= 15 is 0 Å². The average Bonchev–Trinajstić information content (AvgIpc) is 3.15. The van der Waals surface area contributed by atoms with Crippen LogP contribution in [-0.2, 0) is 11.2 Å². The number of rotatable bonds is 6. The molecule has 1 saturated carbocycles.